The summed E-state index contributed by atoms with van der Waals surface area (Å²) in [6.45, 7) is 0.00535. The summed E-state index contributed by atoms with van der Waals surface area (Å²) in [6, 6.07) is 20.2. The molecule has 0 radical (unpaired) electrons. The second-order valence-corrected chi connectivity index (χ2v) is 7.54. The van der Waals surface area contributed by atoms with E-state index in [4.69, 9.17) is 4.74 Å². The van der Waals surface area contributed by atoms with Gasteiger partial charge in [-0.3, -0.25) is 4.79 Å². The highest BCUT2D eigenvalue weighted by molar-refractivity contribution is 7.17. The number of amides is 1. The Morgan fingerprint density at radius 2 is 1.87 bits per heavy atom. The van der Waals surface area contributed by atoms with Crippen molar-refractivity contribution in [2.24, 2.45) is 0 Å². The summed E-state index contributed by atoms with van der Waals surface area (Å²) in [4.78, 5) is 12.4. The summed E-state index contributed by atoms with van der Waals surface area (Å²) >= 11 is 1.62. The first-order chi connectivity index (χ1) is 14.6. The van der Waals surface area contributed by atoms with Gasteiger partial charge in [0.05, 0.1) is 12.2 Å². The van der Waals surface area contributed by atoms with Gasteiger partial charge in [-0.25, -0.2) is 4.39 Å². The summed E-state index contributed by atoms with van der Waals surface area (Å²) < 4.78 is 20.0. The molecule has 7 heteroatoms. The SMILES string of the molecule is O=C(NCC(O)Nc1ccccc1Oc1ccc(F)cc1)c1ccc2sccc2c1. The standard InChI is InChI=1S/C23H19FN2O3S/c24-17-6-8-18(9-7-17)29-20-4-2-1-3-19(20)26-22(27)14-25-23(28)16-5-10-21-15(13-16)11-12-30-21/h1-13,22,26-27H,14H2,(H,25,28). The summed E-state index contributed by atoms with van der Waals surface area (Å²) in [5, 5.41) is 19.0. The van der Waals surface area contributed by atoms with Crippen LogP contribution >= 0.6 is 11.3 Å². The third-order valence-electron chi connectivity index (χ3n) is 4.42. The topological polar surface area (TPSA) is 70.6 Å². The molecule has 1 aromatic heterocycles. The number of benzene rings is 3. The van der Waals surface area contributed by atoms with Gasteiger partial charge in [0.1, 0.15) is 17.8 Å². The fourth-order valence-corrected chi connectivity index (χ4v) is 3.71. The summed E-state index contributed by atoms with van der Waals surface area (Å²) in [5.41, 5.74) is 1.08. The molecule has 0 bridgehead atoms. The van der Waals surface area contributed by atoms with Gasteiger partial charge in [-0.1, -0.05) is 12.1 Å². The van der Waals surface area contributed by atoms with E-state index in [2.05, 4.69) is 10.6 Å². The van der Waals surface area contributed by atoms with E-state index >= 15 is 0 Å². The predicted molar refractivity (Wildman–Crippen MR) is 117 cm³/mol. The Bertz CT molecular complexity index is 1160. The molecule has 3 aromatic carbocycles. The number of aliphatic hydroxyl groups excluding tert-OH is 1. The molecule has 0 aliphatic carbocycles. The first-order valence-corrected chi connectivity index (χ1v) is 10.2. The van der Waals surface area contributed by atoms with E-state index in [9.17, 15) is 14.3 Å². The Kier molecular flexibility index (Phi) is 5.92. The van der Waals surface area contributed by atoms with E-state index < -0.39 is 6.23 Å². The van der Waals surface area contributed by atoms with Crippen LogP contribution in [0.4, 0.5) is 10.1 Å². The van der Waals surface area contributed by atoms with Gasteiger partial charge in [0.15, 0.2) is 5.75 Å². The van der Waals surface area contributed by atoms with Gasteiger partial charge >= 0.3 is 0 Å². The highest BCUT2D eigenvalue weighted by atomic mass is 32.1. The molecule has 1 amide bonds. The number of anilines is 1. The number of ether oxygens (including phenoxy) is 1. The lowest BCUT2D eigenvalue weighted by Crippen LogP contribution is -2.36. The van der Waals surface area contributed by atoms with Crippen molar-refractivity contribution in [1.82, 2.24) is 5.32 Å². The number of nitrogens with one attached hydrogen (secondary N) is 2. The van der Waals surface area contributed by atoms with Gasteiger partial charge in [0, 0.05) is 10.3 Å². The Labute approximate surface area is 176 Å². The van der Waals surface area contributed by atoms with E-state index in [1.807, 2.05) is 23.6 Å². The lowest BCUT2D eigenvalue weighted by molar-refractivity contribution is 0.0927. The zero-order valence-electron chi connectivity index (χ0n) is 15.8. The van der Waals surface area contributed by atoms with Crippen molar-refractivity contribution in [3.8, 4) is 11.5 Å². The molecule has 4 rings (SSSR count). The minimum atomic E-state index is -1.03. The zero-order chi connectivity index (χ0) is 20.9. The smallest absolute Gasteiger partial charge is 0.251 e. The van der Waals surface area contributed by atoms with Crippen molar-refractivity contribution in [2.45, 2.75) is 6.23 Å². The zero-order valence-corrected chi connectivity index (χ0v) is 16.7. The summed E-state index contributed by atoms with van der Waals surface area (Å²) in [6.07, 6.45) is -1.03. The first kappa shape index (κ1) is 19.9. The van der Waals surface area contributed by atoms with Crippen LogP contribution in [-0.2, 0) is 0 Å². The van der Waals surface area contributed by atoms with E-state index in [1.165, 1.54) is 24.3 Å². The van der Waals surface area contributed by atoms with Crippen molar-refractivity contribution in [2.75, 3.05) is 11.9 Å². The average Bonchev–Trinajstić information content (AvgIpc) is 3.23. The van der Waals surface area contributed by atoms with Crippen LogP contribution in [0.15, 0.2) is 78.2 Å². The third-order valence-corrected chi connectivity index (χ3v) is 5.32. The number of carbonyl (C=O) groups excluding carboxylic acids is 1. The highest BCUT2D eigenvalue weighted by Gasteiger charge is 2.12. The van der Waals surface area contributed by atoms with Crippen molar-refractivity contribution in [3.05, 3.63) is 89.6 Å². The fourth-order valence-electron chi connectivity index (χ4n) is 2.93. The van der Waals surface area contributed by atoms with Crippen LogP contribution < -0.4 is 15.4 Å². The van der Waals surface area contributed by atoms with E-state index in [0.717, 1.165) is 10.1 Å². The molecule has 0 saturated heterocycles. The first-order valence-electron chi connectivity index (χ1n) is 9.31. The minimum absolute atomic E-state index is 0.00535. The molecule has 5 nitrogen and oxygen atoms in total. The van der Waals surface area contributed by atoms with Gasteiger partial charge in [-0.05, 0) is 71.4 Å². The highest BCUT2D eigenvalue weighted by Crippen LogP contribution is 2.29. The Hall–Kier alpha value is -3.42. The van der Waals surface area contributed by atoms with Gasteiger partial charge < -0.3 is 20.5 Å². The van der Waals surface area contributed by atoms with Crippen LogP contribution in [0.3, 0.4) is 0 Å². The van der Waals surface area contributed by atoms with E-state index in [0.29, 0.717) is 22.7 Å². The van der Waals surface area contributed by atoms with Gasteiger partial charge in [-0.15, -0.1) is 11.3 Å². The minimum Gasteiger partial charge on any atom is -0.455 e. The van der Waals surface area contributed by atoms with E-state index in [-0.39, 0.29) is 18.3 Å². The number of hydrogen-bond acceptors (Lipinski definition) is 5. The summed E-state index contributed by atoms with van der Waals surface area (Å²) in [5.74, 6) is 0.326. The lowest BCUT2D eigenvalue weighted by atomic mass is 10.1. The van der Waals surface area contributed by atoms with E-state index in [1.54, 1.807) is 41.7 Å². The Balaban J connectivity index is 1.37. The molecule has 30 heavy (non-hydrogen) atoms. The molecular formula is C23H19FN2O3S. The number of hydrogen-bond donors (Lipinski definition) is 3. The monoisotopic (exact) mass is 422 g/mol. The van der Waals surface area contributed by atoms with Crippen LogP contribution in [0.25, 0.3) is 10.1 Å². The van der Waals surface area contributed by atoms with Crippen molar-refractivity contribution in [1.29, 1.82) is 0 Å². The molecule has 1 atom stereocenters. The molecule has 1 unspecified atom stereocenters. The van der Waals surface area contributed by atoms with Crippen LogP contribution in [0, 0.1) is 5.82 Å². The lowest BCUT2D eigenvalue weighted by Gasteiger charge is -2.18. The number of thiophene rings is 1. The largest absolute Gasteiger partial charge is 0.455 e. The number of para-hydroxylation sites is 2. The van der Waals surface area contributed by atoms with Crippen LogP contribution in [0.1, 0.15) is 10.4 Å². The van der Waals surface area contributed by atoms with Crippen molar-refractivity contribution >= 4 is 33.0 Å². The number of aliphatic hydroxyl groups is 1. The second-order valence-electron chi connectivity index (χ2n) is 6.60. The Morgan fingerprint density at radius 1 is 1.07 bits per heavy atom. The van der Waals surface area contributed by atoms with Gasteiger partial charge in [-0.2, -0.15) is 0 Å². The maximum Gasteiger partial charge on any atom is 0.251 e. The Morgan fingerprint density at radius 3 is 2.70 bits per heavy atom. The predicted octanol–water partition coefficient (Wildman–Crippen LogP) is 4.99. The van der Waals surface area contributed by atoms with Gasteiger partial charge in [0.2, 0.25) is 0 Å². The normalized spacial score (nSPS) is 11.8. The summed E-state index contributed by atoms with van der Waals surface area (Å²) in [7, 11) is 0. The maximum absolute atomic E-state index is 13.1. The fraction of sp³-hybridized carbons (Fsp3) is 0.0870. The molecule has 4 aromatic rings. The molecule has 0 aliphatic heterocycles. The van der Waals surface area contributed by atoms with Crippen molar-refractivity contribution < 1.29 is 19.0 Å². The number of carbonyl (C=O) groups is 1. The molecule has 0 spiro atoms. The quantitative estimate of drug-likeness (QED) is 0.367. The van der Waals surface area contributed by atoms with Crippen molar-refractivity contribution in [3.63, 3.8) is 0 Å². The number of fused-ring (bicyclic) bond motifs is 1. The molecule has 1 heterocycles. The third kappa shape index (κ3) is 4.76. The van der Waals surface area contributed by atoms with Crippen LogP contribution in [0.5, 0.6) is 11.5 Å². The second kappa shape index (κ2) is 8.94. The maximum atomic E-state index is 13.1. The molecule has 0 saturated carbocycles. The molecular weight excluding hydrogens is 403 g/mol. The number of halogens is 1. The average molecular weight is 422 g/mol. The molecule has 152 valence electrons. The molecule has 3 N–H and O–H groups in total. The molecule has 0 aliphatic rings. The van der Waals surface area contributed by atoms with Crippen LogP contribution in [-0.4, -0.2) is 23.8 Å². The number of rotatable bonds is 7. The van der Waals surface area contributed by atoms with Gasteiger partial charge in [0.25, 0.3) is 5.91 Å². The van der Waals surface area contributed by atoms with Crippen LogP contribution in [0.2, 0.25) is 0 Å². The molecule has 0 fully saturated rings.